The second-order valence-corrected chi connectivity index (χ2v) is 5.65. The molecule has 1 atom stereocenters. The number of hydrogen-bond donors (Lipinski definition) is 2. The van der Waals surface area contributed by atoms with Gasteiger partial charge in [-0.25, -0.2) is 4.79 Å². The largest absolute Gasteiger partial charge is 0.338 e. The van der Waals surface area contributed by atoms with Gasteiger partial charge < -0.3 is 15.5 Å². The average molecular weight is 289 g/mol. The molecule has 0 radical (unpaired) electrons. The number of hydrogen-bond acceptors (Lipinski definition) is 2. The number of anilines is 1. The van der Waals surface area contributed by atoms with Crippen LogP contribution in [0.3, 0.4) is 0 Å². The molecule has 1 aromatic carbocycles. The second kappa shape index (κ2) is 6.61. The summed E-state index contributed by atoms with van der Waals surface area (Å²) in [6, 6.07) is 7.54. The Morgan fingerprint density at radius 1 is 1.38 bits per heavy atom. The van der Waals surface area contributed by atoms with Crippen LogP contribution in [0.4, 0.5) is 10.5 Å². The number of likely N-dealkylation sites (tertiary alicyclic amines) is 1. The number of amides is 3. The summed E-state index contributed by atoms with van der Waals surface area (Å²) in [6.07, 6.45) is 1.24. The van der Waals surface area contributed by atoms with Crippen molar-refractivity contribution in [3.8, 4) is 0 Å². The Labute approximate surface area is 125 Å². The number of para-hydroxylation sites is 1. The highest BCUT2D eigenvalue weighted by Crippen LogP contribution is 2.17. The zero-order chi connectivity index (χ0) is 15.4. The summed E-state index contributed by atoms with van der Waals surface area (Å²) in [5, 5.41) is 5.75. The van der Waals surface area contributed by atoms with Gasteiger partial charge >= 0.3 is 6.03 Å². The summed E-state index contributed by atoms with van der Waals surface area (Å²) in [5.41, 5.74) is 1.92. The standard InChI is InChI=1S/C16H23N3O2/c1-4-12-7-5-6-8-14(12)18-16(21)17-13-9-15(20)19(10-13)11(2)3/h5-8,11,13H,4,9-10H2,1-3H3,(H2,17,18,21). The monoisotopic (exact) mass is 289 g/mol. The van der Waals surface area contributed by atoms with E-state index < -0.39 is 0 Å². The number of carbonyl (C=O) groups excluding carboxylic acids is 2. The zero-order valence-corrected chi connectivity index (χ0v) is 12.8. The van der Waals surface area contributed by atoms with Crippen molar-refractivity contribution in [1.82, 2.24) is 10.2 Å². The normalized spacial score (nSPS) is 18.2. The van der Waals surface area contributed by atoms with Gasteiger partial charge in [0, 0.05) is 24.7 Å². The predicted molar refractivity (Wildman–Crippen MR) is 83.2 cm³/mol. The number of nitrogens with one attached hydrogen (secondary N) is 2. The maximum Gasteiger partial charge on any atom is 0.319 e. The summed E-state index contributed by atoms with van der Waals surface area (Å²) in [7, 11) is 0. The highest BCUT2D eigenvalue weighted by atomic mass is 16.2. The molecule has 2 rings (SSSR count). The van der Waals surface area contributed by atoms with Crippen molar-refractivity contribution in [1.29, 1.82) is 0 Å². The van der Waals surface area contributed by atoms with Crippen molar-refractivity contribution >= 4 is 17.6 Å². The lowest BCUT2D eigenvalue weighted by atomic mass is 10.1. The van der Waals surface area contributed by atoms with Gasteiger partial charge in [0.25, 0.3) is 0 Å². The molecule has 1 fully saturated rings. The number of rotatable bonds is 4. The van der Waals surface area contributed by atoms with Crippen molar-refractivity contribution in [2.75, 3.05) is 11.9 Å². The van der Waals surface area contributed by atoms with Crippen LogP contribution in [0.2, 0.25) is 0 Å². The first kappa shape index (κ1) is 15.4. The van der Waals surface area contributed by atoms with Crippen LogP contribution >= 0.6 is 0 Å². The molecule has 2 N–H and O–H groups in total. The third-order valence-corrected chi connectivity index (χ3v) is 3.76. The van der Waals surface area contributed by atoms with E-state index in [1.54, 1.807) is 4.90 Å². The fourth-order valence-corrected chi connectivity index (χ4v) is 2.62. The molecular weight excluding hydrogens is 266 g/mol. The molecule has 1 unspecified atom stereocenters. The number of nitrogens with zero attached hydrogens (tertiary/aromatic N) is 1. The van der Waals surface area contributed by atoms with Crippen LogP contribution in [0.15, 0.2) is 24.3 Å². The highest BCUT2D eigenvalue weighted by molar-refractivity contribution is 5.91. The first-order valence-electron chi connectivity index (χ1n) is 7.46. The summed E-state index contributed by atoms with van der Waals surface area (Å²) >= 11 is 0. The van der Waals surface area contributed by atoms with Gasteiger partial charge in [-0.05, 0) is 31.9 Å². The van der Waals surface area contributed by atoms with Gasteiger partial charge in [0.15, 0.2) is 0 Å². The van der Waals surface area contributed by atoms with E-state index in [1.807, 2.05) is 38.1 Å². The lowest BCUT2D eigenvalue weighted by Gasteiger charge is -2.21. The molecule has 0 saturated carbocycles. The molecule has 0 bridgehead atoms. The Morgan fingerprint density at radius 3 is 2.71 bits per heavy atom. The third-order valence-electron chi connectivity index (χ3n) is 3.76. The van der Waals surface area contributed by atoms with E-state index in [4.69, 9.17) is 0 Å². The minimum Gasteiger partial charge on any atom is -0.338 e. The Hall–Kier alpha value is -2.04. The lowest BCUT2D eigenvalue weighted by Crippen LogP contribution is -2.41. The Balaban J connectivity index is 1.92. The van der Waals surface area contributed by atoms with Crippen molar-refractivity contribution in [3.63, 3.8) is 0 Å². The van der Waals surface area contributed by atoms with Crippen molar-refractivity contribution in [2.45, 2.75) is 45.7 Å². The summed E-state index contributed by atoms with van der Waals surface area (Å²) < 4.78 is 0. The van der Waals surface area contributed by atoms with Gasteiger partial charge in [0.1, 0.15) is 0 Å². The van der Waals surface area contributed by atoms with E-state index >= 15 is 0 Å². The van der Waals surface area contributed by atoms with Crippen LogP contribution < -0.4 is 10.6 Å². The maximum absolute atomic E-state index is 12.1. The Morgan fingerprint density at radius 2 is 2.10 bits per heavy atom. The maximum atomic E-state index is 12.1. The van der Waals surface area contributed by atoms with E-state index in [2.05, 4.69) is 17.6 Å². The molecule has 0 aliphatic carbocycles. The quantitative estimate of drug-likeness (QED) is 0.894. The number of carbonyl (C=O) groups is 2. The summed E-state index contributed by atoms with van der Waals surface area (Å²) in [6.45, 7) is 6.60. The van der Waals surface area contributed by atoms with Gasteiger partial charge in [-0.2, -0.15) is 0 Å². The van der Waals surface area contributed by atoms with E-state index in [9.17, 15) is 9.59 Å². The molecule has 0 spiro atoms. The molecule has 1 saturated heterocycles. The predicted octanol–water partition coefficient (Wildman–Crippen LogP) is 2.38. The van der Waals surface area contributed by atoms with Crippen LogP contribution in [0.5, 0.6) is 0 Å². The molecule has 21 heavy (non-hydrogen) atoms. The smallest absolute Gasteiger partial charge is 0.319 e. The van der Waals surface area contributed by atoms with Gasteiger partial charge in [-0.3, -0.25) is 4.79 Å². The van der Waals surface area contributed by atoms with E-state index in [0.717, 1.165) is 17.7 Å². The highest BCUT2D eigenvalue weighted by Gasteiger charge is 2.31. The second-order valence-electron chi connectivity index (χ2n) is 5.65. The van der Waals surface area contributed by atoms with Crippen LogP contribution in [0.25, 0.3) is 0 Å². The van der Waals surface area contributed by atoms with E-state index in [-0.39, 0.29) is 24.0 Å². The van der Waals surface area contributed by atoms with Crippen molar-refractivity contribution in [2.24, 2.45) is 0 Å². The molecule has 5 heteroatoms. The minimum atomic E-state index is -0.251. The molecule has 3 amide bonds. The van der Waals surface area contributed by atoms with Gasteiger partial charge in [0.05, 0.1) is 6.04 Å². The molecule has 0 aromatic heterocycles. The number of benzene rings is 1. The van der Waals surface area contributed by atoms with Gasteiger partial charge in [-0.1, -0.05) is 25.1 Å². The molecule has 1 heterocycles. The average Bonchev–Trinajstić information content (AvgIpc) is 2.80. The van der Waals surface area contributed by atoms with Gasteiger partial charge in [0.2, 0.25) is 5.91 Å². The number of aryl methyl sites for hydroxylation is 1. The summed E-state index contributed by atoms with van der Waals surface area (Å²) in [4.78, 5) is 25.7. The summed E-state index contributed by atoms with van der Waals surface area (Å²) in [5.74, 6) is 0.101. The van der Waals surface area contributed by atoms with Crippen LogP contribution in [-0.2, 0) is 11.2 Å². The fourth-order valence-electron chi connectivity index (χ4n) is 2.62. The minimum absolute atomic E-state index is 0.101. The first-order valence-corrected chi connectivity index (χ1v) is 7.46. The van der Waals surface area contributed by atoms with Crippen molar-refractivity contribution < 1.29 is 9.59 Å². The Bertz CT molecular complexity index is 528. The first-order chi connectivity index (χ1) is 10.0. The molecule has 5 nitrogen and oxygen atoms in total. The van der Waals surface area contributed by atoms with E-state index in [0.29, 0.717) is 13.0 Å². The SMILES string of the molecule is CCc1ccccc1NC(=O)NC1CC(=O)N(C(C)C)C1. The van der Waals surface area contributed by atoms with E-state index in [1.165, 1.54) is 0 Å². The Kier molecular flexibility index (Phi) is 4.83. The topological polar surface area (TPSA) is 61.4 Å². The fraction of sp³-hybridized carbons (Fsp3) is 0.500. The lowest BCUT2D eigenvalue weighted by molar-refractivity contribution is -0.129. The third kappa shape index (κ3) is 3.74. The van der Waals surface area contributed by atoms with Crippen LogP contribution in [0.1, 0.15) is 32.8 Å². The molecule has 1 aliphatic rings. The van der Waals surface area contributed by atoms with Crippen molar-refractivity contribution in [3.05, 3.63) is 29.8 Å². The van der Waals surface area contributed by atoms with Crippen LogP contribution in [0, 0.1) is 0 Å². The molecule has 1 aliphatic heterocycles. The molecular formula is C16H23N3O2. The zero-order valence-electron chi connectivity index (χ0n) is 12.8. The molecule has 1 aromatic rings. The number of urea groups is 1. The van der Waals surface area contributed by atoms with Crippen LogP contribution in [-0.4, -0.2) is 35.5 Å². The molecule has 114 valence electrons. The van der Waals surface area contributed by atoms with Gasteiger partial charge in [-0.15, -0.1) is 0 Å².